The number of aliphatic imine (C=N–C) groups is 1. The summed E-state index contributed by atoms with van der Waals surface area (Å²) < 4.78 is 23.1. The lowest BCUT2D eigenvalue weighted by Gasteiger charge is -2.38. The van der Waals surface area contributed by atoms with Crippen molar-refractivity contribution in [3.63, 3.8) is 0 Å². The second kappa shape index (κ2) is 9.16. The molecule has 1 N–H and O–H groups in total. The third-order valence-electron chi connectivity index (χ3n) is 5.46. The molecule has 25 heavy (non-hydrogen) atoms. The smallest absolute Gasteiger partial charge is 0.194 e. The second-order valence-corrected chi connectivity index (χ2v) is 7.08. The summed E-state index contributed by atoms with van der Waals surface area (Å²) in [6.07, 6.45) is 4.39. The van der Waals surface area contributed by atoms with E-state index in [1.165, 1.54) is 0 Å². The van der Waals surface area contributed by atoms with Gasteiger partial charge in [0.15, 0.2) is 5.96 Å². The van der Waals surface area contributed by atoms with Crippen LogP contribution >= 0.6 is 0 Å². The van der Waals surface area contributed by atoms with Gasteiger partial charge in [0, 0.05) is 59.4 Å². The Balaban J connectivity index is 1.64. The van der Waals surface area contributed by atoms with Crippen molar-refractivity contribution in [2.75, 3.05) is 59.7 Å². The van der Waals surface area contributed by atoms with Crippen molar-refractivity contribution >= 4 is 5.96 Å². The molecule has 3 aliphatic rings. The van der Waals surface area contributed by atoms with E-state index in [1.54, 1.807) is 7.11 Å². The van der Waals surface area contributed by atoms with Gasteiger partial charge in [-0.3, -0.25) is 4.99 Å². The number of methoxy groups -OCH3 is 1. The van der Waals surface area contributed by atoms with Gasteiger partial charge < -0.3 is 29.2 Å². The zero-order chi connectivity index (χ0) is 17.5. The van der Waals surface area contributed by atoms with Crippen molar-refractivity contribution in [3.8, 4) is 0 Å². The molecule has 0 aromatic rings. The summed E-state index contributed by atoms with van der Waals surface area (Å²) in [6, 6.07) is 0. The van der Waals surface area contributed by atoms with Gasteiger partial charge in [0.1, 0.15) is 6.10 Å². The lowest BCUT2D eigenvalue weighted by Crippen LogP contribution is -2.53. The van der Waals surface area contributed by atoms with Gasteiger partial charge >= 0.3 is 0 Å². The van der Waals surface area contributed by atoms with E-state index in [9.17, 15) is 0 Å². The highest BCUT2D eigenvalue weighted by atomic mass is 16.5. The van der Waals surface area contributed by atoms with E-state index in [1.807, 2.05) is 0 Å². The molecule has 0 saturated carbocycles. The van der Waals surface area contributed by atoms with Crippen LogP contribution in [0.4, 0.5) is 0 Å². The van der Waals surface area contributed by atoms with Crippen molar-refractivity contribution in [3.05, 3.63) is 0 Å². The molecule has 2 atom stereocenters. The highest BCUT2D eigenvalue weighted by Gasteiger charge is 2.34. The van der Waals surface area contributed by atoms with Crippen molar-refractivity contribution < 1.29 is 18.9 Å². The highest BCUT2D eigenvalue weighted by Crippen LogP contribution is 2.25. The summed E-state index contributed by atoms with van der Waals surface area (Å²) in [5.74, 6) is 0.955. The molecule has 144 valence electrons. The number of hydrogen-bond donors (Lipinski definition) is 1. The maximum Gasteiger partial charge on any atom is 0.194 e. The van der Waals surface area contributed by atoms with E-state index < -0.39 is 0 Å². The first-order chi connectivity index (χ1) is 12.3. The highest BCUT2D eigenvalue weighted by molar-refractivity contribution is 5.80. The minimum absolute atomic E-state index is 0.138. The van der Waals surface area contributed by atoms with Crippen LogP contribution in [-0.4, -0.2) is 88.4 Å². The molecule has 0 aromatic carbocycles. The number of hydrogen-bond acceptors (Lipinski definition) is 5. The van der Waals surface area contributed by atoms with E-state index >= 15 is 0 Å². The van der Waals surface area contributed by atoms with Crippen LogP contribution in [0.25, 0.3) is 0 Å². The maximum atomic E-state index is 5.97. The Morgan fingerprint density at radius 2 is 2.00 bits per heavy atom. The molecule has 0 spiro atoms. The Morgan fingerprint density at radius 1 is 1.20 bits per heavy atom. The van der Waals surface area contributed by atoms with Crippen LogP contribution < -0.4 is 5.32 Å². The van der Waals surface area contributed by atoms with Gasteiger partial charge in [-0.15, -0.1) is 0 Å². The quantitative estimate of drug-likeness (QED) is 0.587. The van der Waals surface area contributed by atoms with Gasteiger partial charge in [-0.2, -0.15) is 0 Å². The van der Waals surface area contributed by atoms with Crippen molar-refractivity contribution in [1.29, 1.82) is 0 Å². The third kappa shape index (κ3) is 4.84. The predicted octanol–water partition coefficient (Wildman–Crippen LogP) is 1.03. The van der Waals surface area contributed by atoms with Gasteiger partial charge in [0.25, 0.3) is 0 Å². The number of morpholine rings is 1. The zero-order valence-electron chi connectivity index (χ0n) is 15.7. The van der Waals surface area contributed by atoms with Crippen LogP contribution in [0.2, 0.25) is 0 Å². The maximum absolute atomic E-state index is 5.97. The van der Waals surface area contributed by atoms with Crippen LogP contribution in [-0.2, 0) is 18.9 Å². The number of ether oxygens (including phenoxy) is 4. The molecule has 0 amide bonds. The van der Waals surface area contributed by atoms with E-state index in [2.05, 4.69) is 17.1 Å². The normalized spacial score (nSPS) is 30.5. The molecule has 2 unspecified atom stereocenters. The number of nitrogens with one attached hydrogen (secondary N) is 1. The lowest BCUT2D eigenvalue weighted by atomic mass is 9.94. The number of nitrogens with zero attached hydrogens (tertiary/aromatic N) is 2. The minimum Gasteiger partial charge on any atom is -0.381 e. The minimum atomic E-state index is -0.195. The summed E-state index contributed by atoms with van der Waals surface area (Å²) in [4.78, 5) is 7.23. The van der Waals surface area contributed by atoms with Crippen molar-refractivity contribution in [2.45, 2.75) is 50.4 Å². The summed E-state index contributed by atoms with van der Waals surface area (Å²) in [6.45, 7) is 8.39. The van der Waals surface area contributed by atoms with Crippen LogP contribution in [0.15, 0.2) is 4.99 Å². The fourth-order valence-corrected chi connectivity index (χ4v) is 3.80. The number of rotatable bonds is 5. The van der Waals surface area contributed by atoms with E-state index in [4.69, 9.17) is 23.9 Å². The third-order valence-corrected chi connectivity index (χ3v) is 5.46. The fraction of sp³-hybridized carbons (Fsp3) is 0.944. The van der Waals surface area contributed by atoms with Gasteiger partial charge in [-0.25, -0.2) is 0 Å². The average molecular weight is 355 g/mol. The molecule has 0 aliphatic carbocycles. The van der Waals surface area contributed by atoms with E-state index in [0.717, 1.165) is 77.7 Å². The van der Waals surface area contributed by atoms with Crippen LogP contribution in [0.5, 0.6) is 0 Å². The van der Waals surface area contributed by atoms with Gasteiger partial charge in [0.2, 0.25) is 0 Å². The van der Waals surface area contributed by atoms with Crippen LogP contribution in [0.3, 0.4) is 0 Å². The average Bonchev–Trinajstić information content (AvgIpc) is 3.21. The zero-order valence-corrected chi connectivity index (χ0v) is 15.7. The lowest BCUT2D eigenvalue weighted by molar-refractivity contribution is -0.0851. The van der Waals surface area contributed by atoms with Gasteiger partial charge in [-0.05, 0) is 19.8 Å². The first kappa shape index (κ1) is 18.9. The van der Waals surface area contributed by atoms with Crippen molar-refractivity contribution in [2.24, 2.45) is 4.99 Å². The molecule has 3 fully saturated rings. The SMILES string of the molecule is CCNC(=NCC1(OC)CCOCC1)N1CCOC(C2CCCO2)C1. The monoisotopic (exact) mass is 355 g/mol. The molecule has 7 nitrogen and oxygen atoms in total. The first-order valence-electron chi connectivity index (χ1n) is 9.66. The summed E-state index contributed by atoms with van der Waals surface area (Å²) in [5, 5.41) is 3.44. The first-order valence-corrected chi connectivity index (χ1v) is 9.66. The summed E-state index contributed by atoms with van der Waals surface area (Å²) >= 11 is 0. The van der Waals surface area contributed by atoms with E-state index in [0.29, 0.717) is 6.54 Å². The van der Waals surface area contributed by atoms with E-state index in [-0.39, 0.29) is 17.8 Å². The van der Waals surface area contributed by atoms with Crippen LogP contribution in [0, 0.1) is 0 Å². The molecule has 3 saturated heterocycles. The Labute approximate surface area is 151 Å². The largest absolute Gasteiger partial charge is 0.381 e. The molecule has 3 heterocycles. The number of guanidine groups is 1. The standard InChI is InChI=1S/C18H33N3O4/c1-3-19-17(20-14-18(22-2)6-10-23-11-7-18)21-8-12-25-16(13-21)15-5-4-9-24-15/h15-16H,3-14H2,1-2H3,(H,19,20). The Kier molecular flexibility index (Phi) is 6.92. The van der Waals surface area contributed by atoms with Crippen molar-refractivity contribution in [1.82, 2.24) is 10.2 Å². The topological polar surface area (TPSA) is 64.6 Å². The molecular formula is C18H33N3O4. The molecule has 0 radical (unpaired) electrons. The van der Waals surface area contributed by atoms with Gasteiger partial charge in [0.05, 0.1) is 24.9 Å². The molecule has 0 bridgehead atoms. The second-order valence-electron chi connectivity index (χ2n) is 7.08. The predicted molar refractivity (Wildman–Crippen MR) is 96.1 cm³/mol. The summed E-state index contributed by atoms with van der Waals surface area (Å²) in [7, 11) is 1.79. The molecule has 7 heteroatoms. The molecule has 0 aromatic heterocycles. The van der Waals surface area contributed by atoms with Gasteiger partial charge in [-0.1, -0.05) is 0 Å². The Hall–Kier alpha value is -0.890. The Morgan fingerprint density at radius 3 is 2.68 bits per heavy atom. The molecule has 3 aliphatic heterocycles. The Bertz CT molecular complexity index is 434. The van der Waals surface area contributed by atoms with Crippen LogP contribution in [0.1, 0.15) is 32.6 Å². The molecular weight excluding hydrogens is 322 g/mol. The fourth-order valence-electron chi connectivity index (χ4n) is 3.80. The molecule has 3 rings (SSSR count). The summed E-state index contributed by atoms with van der Waals surface area (Å²) in [5.41, 5.74) is -0.195.